The minimum absolute atomic E-state index is 0.00838. The molecule has 1 aromatic carbocycles. The summed E-state index contributed by atoms with van der Waals surface area (Å²) in [5, 5.41) is 15.1. The van der Waals surface area contributed by atoms with Crippen LogP contribution in [0.25, 0.3) is 0 Å². The Morgan fingerprint density at radius 2 is 2.09 bits per heavy atom. The third-order valence-electron chi connectivity index (χ3n) is 3.22. The van der Waals surface area contributed by atoms with Crippen molar-refractivity contribution < 1.29 is 19.1 Å². The molecule has 0 aliphatic heterocycles. The molecule has 23 heavy (non-hydrogen) atoms. The maximum Gasteiger partial charge on any atom is 0.273 e. The highest BCUT2D eigenvalue weighted by Gasteiger charge is 2.09. The summed E-state index contributed by atoms with van der Waals surface area (Å²) in [6.45, 7) is 0.896. The second-order valence-corrected chi connectivity index (χ2v) is 4.78. The van der Waals surface area contributed by atoms with Crippen LogP contribution in [-0.2, 0) is 22.4 Å². The van der Waals surface area contributed by atoms with Crippen LogP contribution in [-0.4, -0.2) is 41.8 Å². The molecule has 0 unspecified atom stereocenters. The predicted molar refractivity (Wildman–Crippen MR) is 82.3 cm³/mol. The molecule has 0 aliphatic rings. The smallest absolute Gasteiger partial charge is 0.273 e. The van der Waals surface area contributed by atoms with Crippen molar-refractivity contribution in [2.75, 3.05) is 20.8 Å². The van der Waals surface area contributed by atoms with E-state index >= 15 is 0 Å². The summed E-state index contributed by atoms with van der Waals surface area (Å²) in [6, 6.07) is 7.99. The molecule has 2 rings (SSSR count). The number of hydrogen-bond acceptors (Lipinski definition) is 6. The largest absolute Gasteiger partial charge is 0.491 e. The first-order chi connectivity index (χ1) is 11.1. The number of nitro benzene ring substituents is 1. The Morgan fingerprint density at radius 1 is 1.30 bits per heavy atom. The monoisotopic (exact) mass is 321 g/mol. The summed E-state index contributed by atoms with van der Waals surface area (Å²) in [5.41, 5.74) is 0.864. The van der Waals surface area contributed by atoms with Gasteiger partial charge in [-0.1, -0.05) is 6.07 Å². The van der Waals surface area contributed by atoms with Crippen LogP contribution in [0.1, 0.15) is 5.69 Å². The zero-order valence-electron chi connectivity index (χ0n) is 13.0. The van der Waals surface area contributed by atoms with E-state index in [9.17, 15) is 10.1 Å². The molecule has 0 bridgehead atoms. The number of non-ortho nitro benzene ring substituents is 1. The van der Waals surface area contributed by atoms with Gasteiger partial charge in [-0.3, -0.25) is 14.8 Å². The van der Waals surface area contributed by atoms with Gasteiger partial charge in [-0.15, -0.1) is 0 Å². The lowest BCUT2D eigenvalue weighted by Crippen LogP contribution is -2.17. The molecular weight excluding hydrogens is 302 g/mol. The quantitative estimate of drug-likeness (QED) is 0.399. The lowest BCUT2D eigenvalue weighted by molar-refractivity contribution is -0.384. The number of nitrogens with zero attached hydrogens (tertiary/aromatic N) is 3. The van der Waals surface area contributed by atoms with Crippen molar-refractivity contribution >= 4 is 5.69 Å². The van der Waals surface area contributed by atoms with Gasteiger partial charge >= 0.3 is 0 Å². The van der Waals surface area contributed by atoms with Crippen molar-refractivity contribution in [3.8, 4) is 5.75 Å². The number of hydrogen-bond donors (Lipinski definition) is 0. The van der Waals surface area contributed by atoms with Crippen LogP contribution in [0, 0.1) is 10.1 Å². The Morgan fingerprint density at radius 3 is 2.78 bits per heavy atom. The minimum Gasteiger partial charge on any atom is -0.491 e. The maximum atomic E-state index is 10.7. The average Bonchev–Trinajstić information content (AvgIpc) is 3.00. The normalized spacial score (nSPS) is 10.9. The molecule has 0 spiro atoms. The Kier molecular flexibility index (Phi) is 6.07. The van der Waals surface area contributed by atoms with E-state index in [0.717, 1.165) is 5.69 Å². The molecule has 2 aromatic rings. The fourth-order valence-corrected chi connectivity index (χ4v) is 2.01. The second kappa shape index (κ2) is 8.25. The van der Waals surface area contributed by atoms with Crippen LogP contribution in [0.5, 0.6) is 5.75 Å². The van der Waals surface area contributed by atoms with Gasteiger partial charge in [0.05, 0.1) is 23.2 Å². The number of ether oxygens (including phenoxy) is 3. The summed E-state index contributed by atoms with van der Waals surface area (Å²) in [7, 11) is 3.16. The van der Waals surface area contributed by atoms with Crippen molar-refractivity contribution in [2.45, 2.75) is 19.3 Å². The fourth-order valence-electron chi connectivity index (χ4n) is 2.01. The number of rotatable bonds is 9. The number of aromatic nitrogens is 2. The molecule has 8 heteroatoms. The van der Waals surface area contributed by atoms with Crippen LogP contribution in [0.15, 0.2) is 36.5 Å². The van der Waals surface area contributed by atoms with E-state index in [1.54, 1.807) is 31.0 Å². The summed E-state index contributed by atoms with van der Waals surface area (Å²) in [4.78, 5) is 10.3. The van der Waals surface area contributed by atoms with E-state index < -0.39 is 4.92 Å². The Labute approximate surface area is 133 Å². The van der Waals surface area contributed by atoms with E-state index in [0.29, 0.717) is 25.3 Å². The highest BCUT2D eigenvalue weighted by atomic mass is 16.7. The van der Waals surface area contributed by atoms with Crippen LogP contribution in [0.2, 0.25) is 0 Å². The zero-order valence-corrected chi connectivity index (χ0v) is 13.0. The van der Waals surface area contributed by atoms with Crippen molar-refractivity contribution in [1.82, 2.24) is 9.78 Å². The number of methoxy groups -OCH3 is 2. The van der Waals surface area contributed by atoms with Crippen molar-refractivity contribution in [3.05, 3.63) is 52.3 Å². The minimum atomic E-state index is -0.450. The lowest BCUT2D eigenvalue weighted by Gasteiger charge is -2.11. The fraction of sp³-hybridized carbons (Fsp3) is 0.400. The molecule has 0 fully saturated rings. The van der Waals surface area contributed by atoms with Gasteiger partial charge in [0.1, 0.15) is 12.4 Å². The van der Waals surface area contributed by atoms with Gasteiger partial charge < -0.3 is 14.2 Å². The lowest BCUT2D eigenvalue weighted by atomic mass is 10.3. The first kappa shape index (κ1) is 16.9. The van der Waals surface area contributed by atoms with Gasteiger partial charge in [0.25, 0.3) is 5.69 Å². The highest BCUT2D eigenvalue weighted by molar-refractivity contribution is 5.37. The first-order valence-electron chi connectivity index (χ1n) is 7.07. The van der Waals surface area contributed by atoms with Gasteiger partial charge in [-0.2, -0.15) is 5.10 Å². The van der Waals surface area contributed by atoms with Crippen molar-refractivity contribution in [2.24, 2.45) is 0 Å². The molecule has 0 atom stereocenters. The van der Waals surface area contributed by atoms with Crippen LogP contribution in [0.4, 0.5) is 5.69 Å². The molecule has 0 amide bonds. The third-order valence-corrected chi connectivity index (χ3v) is 3.22. The molecule has 8 nitrogen and oxygen atoms in total. The number of nitro groups is 1. The van der Waals surface area contributed by atoms with Crippen LogP contribution in [0.3, 0.4) is 0 Å². The van der Waals surface area contributed by atoms with Crippen LogP contribution < -0.4 is 4.74 Å². The summed E-state index contributed by atoms with van der Waals surface area (Å²) >= 11 is 0. The van der Waals surface area contributed by atoms with E-state index in [1.807, 2.05) is 12.3 Å². The van der Waals surface area contributed by atoms with Gasteiger partial charge in [-0.25, -0.2) is 0 Å². The average molecular weight is 321 g/mol. The third kappa shape index (κ3) is 5.04. The molecule has 0 radical (unpaired) electrons. The Hall–Kier alpha value is -2.45. The van der Waals surface area contributed by atoms with E-state index in [2.05, 4.69) is 5.10 Å². The first-order valence-corrected chi connectivity index (χ1v) is 7.07. The van der Waals surface area contributed by atoms with Crippen LogP contribution >= 0.6 is 0 Å². The van der Waals surface area contributed by atoms with Gasteiger partial charge in [0.15, 0.2) is 6.29 Å². The second-order valence-electron chi connectivity index (χ2n) is 4.78. The molecule has 0 saturated heterocycles. The predicted octanol–water partition coefficient (Wildman–Crippen LogP) is 2.03. The molecule has 0 N–H and O–H groups in total. The van der Waals surface area contributed by atoms with E-state index in [1.165, 1.54) is 12.1 Å². The molecule has 124 valence electrons. The molecule has 1 aromatic heterocycles. The number of benzene rings is 1. The molecule has 1 heterocycles. The summed E-state index contributed by atoms with van der Waals surface area (Å²) < 4.78 is 17.5. The molecule has 0 aliphatic carbocycles. The van der Waals surface area contributed by atoms with Crippen molar-refractivity contribution in [1.29, 1.82) is 0 Å². The van der Waals surface area contributed by atoms with Gasteiger partial charge in [-0.05, 0) is 12.1 Å². The molecule has 0 saturated carbocycles. The Bertz CT molecular complexity index is 640. The summed E-state index contributed by atoms with van der Waals surface area (Å²) in [6.07, 6.45) is 2.08. The van der Waals surface area contributed by atoms with E-state index in [4.69, 9.17) is 14.2 Å². The zero-order chi connectivity index (χ0) is 16.7. The van der Waals surface area contributed by atoms with E-state index in [-0.39, 0.29) is 12.0 Å². The standard InChI is InChI=1S/C15H19N3O5/c1-21-15(22-2)10-12-6-7-17(16-12)8-9-23-14-5-3-4-13(11-14)18(19)20/h3-7,11,15H,8-10H2,1-2H3. The summed E-state index contributed by atoms with van der Waals surface area (Å²) in [5.74, 6) is 0.463. The maximum absolute atomic E-state index is 10.7. The highest BCUT2D eigenvalue weighted by Crippen LogP contribution is 2.18. The van der Waals surface area contributed by atoms with Crippen molar-refractivity contribution in [3.63, 3.8) is 0 Å². The van der Waals surface area contributed by atoms with Gasteiger partial charge in [0.2, 0.25) is 0 Å². The Balaban J connectivity index is 1.84. The molecular formula is C15H19N3O5. The topological polar surface area (TPSA) is 88.7 Å². The van der Waals surface area contributed by atoms with Gasteiger partial charge in [0, 0.05) is 32.9 Å². The SMILES string of the molecule is COC(Cc1ccn(CCOc2cccc([N+](=O)[O-])c2)n1)OC.